The van der Waals surface area contributed by atoms with Crippen LogP contribution in [-0.4, -0.2) is 65.8 Å². The number of aromatic nitrogens is 2. The van der Waals surface area contributed by atoms with Crippen molar-refractivity contribution in [2.45, 2.75) is 25.8 Å². The number of aryl methyl sites for hydroxylation is 1. The van der Waals surface area contributed by atoms with Crippen LogP contribution in [0.5, 0.6) is 0 Å². The van der Waals surface area contributed by atoms with E-state index in [1.807, 2.05) is 16.8 Å². The smallest absolute Gasteiger partial charge is 0.236 e. The van der Waals surface area contributed by atoms with Crippen LogP contribution in [0.1, 0.15) is 23.4 Å². The van der Waals surface area contributed by atoms with E-state index in [9.17, 15) is 4.79 Å². The van der Waals surface area contributed by atoms with E-state index in [4.69, 9.17) is 4.74 Å². The van der Waals surface area contributed by atoms with Crippen molar-refractivity contribution >= 4 is 5.91 Å². The van der Waals surface area contributed by atoms with Crippen molar-refractivity contribution in [2.24, 2.45) is 0 Å². The normalized spacial score (nSPS) is 18.6. The first-order valence-electron chi connectivity index (χ1n) is 7.33. The van der Waals surface area contributed by atoms with Crippen LogP contribution in [0.3, 0.4) is 0 Å². The van der Waals surface area contributed by atoms with Gasteiger partial charge in [0.25, 0.3) is 0 Å². The number of aromatic amines is 1. The quantitative estimate of drug-likeness (QED) is 0.854. The van der Waals surface area contributed by atoms with Gasteiger partial charge in [-0.3, -0.25) is 14.8 Å². The Morgan fingerprint density at radius 1 is 1.40 bits per heavy atom. The predicted molar refractivity (Wildman–Crippen MR) is 74.3 cm³/mol. The first-order valence-corrected chi connectivity index (χ1v) is 7.33. The SMILES string of the molecule is CN(CC(=O)N1CCOCC1)Cc1n[nH]c2c1CCC2. The number of nitrogens with one attached hydrogen (secondary N) is 1. The molecule has 3 rings (SSSR count). The van der Waals surface area contributed by atoms with Crippen molar-refractivity contribution < 1.29 is 9.53 Å². The number of rotatable bonds is 4. The number of carbonyl (C=O) groups excluding carboxylic acids is 1. The molecule has 20 heavy (non-hydrogen) atoms. The maximum atomic E-state index is 12.2. The molecule has 1 aromatic heterocycles. The summed E-state index contributed by atoms with van der Waals surface area (Å²) in [6.07, 6.45) is 3.44. The Morgan fingerprint density at radius 3 is 3.00 bits per heavy atom. The van der Waals surface area contributed by atoms with Gasteiger partial charge >= 0.3 is 0 Å². The van der Waals surface area contributed by atoms with Gasteiger partial charge in [-0.05, 0) is 31.9 Å². The summed E-state index contributed by atoms with van der Waals surface area (Å²) in [5, 5.41) is 7.51. The second kappa shape index (κ2) is 5.93. The number of hydrogen-bond acceptors (Lipinski definition) is 4. The predicted octanol–water partition coefficient (Wildman–Crippen LogP) is 0.189. The standard InChI is InChI=1S/C14H22N4O2/c1-17(10-14(19)18-5-7-20-8-6-18)9-13-11-3-2-4-12(11)15-16-13/h2-10H2,1H3,(H,15,16). The van der Waals surface area contributed by atoms with Crippen LogP contribution in [-0.2, 0) is 28.9 Å². The van der Waals surface area contributed by atoms with E-state index in [-0.39, 0.29) is 5.91 Å². The summed E-state index contributed by atoms with van der Waals surface area (Å²) < 4.78 is 5.27. The molecule has 1 amide bonds. The Morgan fingerprint density at radius 2 is 2.20 bits per heavy atom. The molecule has 0 aromatic carbocycles. The van der Waals surface area contributed by atoms with Gasteiger partial charge in [-0.2, -0.15) is 5.10 Å². The van der Waals surface area contributed by atoms with E-state index in [1.54, 1.807) is 0 Å². The summed E-state index contributed by atoms with van der Waals surface area (Å²) in [6.45, 7) is 3.92. The van der Waals surface area contributed by atoms with Crippen LogP contribution >= 0.6 is 0 Å². The maximum absolute atomic E-state index is 12.2. The van der Waals surface area contributed by atoms with Crippen molar-refractivity contribution in [3.8, 4) is 0 Å². The molecule has 1 aliphatic heterocycles. The van der Waals surface area contributed by atoms with Crippen LogP contribution in [0.2, 0.25) is 0 Å². The molecule has 0 bridgehead atoms. The number of carbonyl (C=O) groups is 1. The van der Waals surface area contributed by atoms with E-state index in [0.717, 1.165) is 25.1 Å². The molecule has 6 nitrogen and oxygen atoms in total. The van der Waals surface area contributed by atoms with Crippen LogP contribution in [0.15, 0.2) is 0 Å². The summed E-state index contributed by atoms with van der Waals surface area (Å²) in [4.78, 5) is 16.1. The minimum Gasteiger partial charge on any atom is -0.378 e. The third-order valence-electron chi connectivity index (χ3n) is 4.08. The van der Waals surface area contributed by atoms with Gasteiger partial charge in [0.05, 0.1) is 25.5 Å². The van der Waals surface area contributed by atoms with Crippen LogP contribution in [0, 0.1) is 0 Å². The summed E-state index contributed by atoms with van der Waals surface area (Å²) in [7, 11) is 1.98. The molecule has 2 aliphatic rings. The molecule has 110 valence electrons. The molecule has 1 aliphatic carbocycles. The van der Waals surface area contributed by atoms with Gasteiger partial charge in [0.1, 0.15) is 0 Å². The molecular formula is C14H22N4O2. The first kappa shape index (κ1) is 13.6. The van der Waals surface area contributed by atoms with Crippen molar-refractivity contribution in [3.05, 3.63) is 17.0 Å². The highest BCUT2D eigenvalue weighted by atomic mass is 16.5. The number of likely N-dealkylation sites (N-methyl/N-ethyl adjacent to an activating group) is 1. The fourth-order valence-electron chi connectivity index (χ4n) is 2.97. The Labute approximate surface area is 119 Å². The van der Waals surface area contributed by atoms with Gasteiger partial charge in [-0.25, -0.2) is 0 Å². The third-order valence-corrected chi connectivity index (χ3v) is 4.08. The maximum Gasteiger partial charge on any atom is 0.236 e. The number of amides is 1. The lowest BCUT2D eigenvalue weighted by atomic mass is 10.2. The van der Waals surface area contributed by atoms with Gasteiger partial charge in [0, 0.05) is 25.3 Å². The molecule has 0 spiro atoms. The molecule has 1 saturated heterocycles. The van der Waals surface area contributed by atoms with Gasteiger partial charge in [-0.1, -0.05) is 0 Å². The van der Waals surface area contributed by atoms with E-state index >= 15 is 0 Å². The molecule has 0 unspecified atom stereocenters. The molecule has 1 fully saturated rings. The van der Waals surface area contributed by atoms with Crippen molar-refractivity contribution in [3.63, 3.8) is 0 Å². The molecule has 1 aromatic rings. The summed E-state index contributed by atoms with van der Waals surface area (Å²) in [5.41, 5.74) is 3.76. The second-order valence-corrected chi connectivity index (χ2v) is 5.65. The lowest BCUT2D eigenvalue weighted by Crippen LogP contribution is -2.45. The van der Waals surface area contributed by atoms with E-state index in [1.165, 1.54) is 17.7 Å². The first-order chi connectivity index (χ1) is 9.74. The molecule has 1 N–H and O–H groups in total. The lowest BCUT2D eigenvalue weighted by Gasteiger charge is -2.28. The van der Waals surface area contributed by atoms with Gasteiger partial charge in [0.2, 0.25) is 5.91 Å². The number of nitrogens with zero attached hydrogens (tertiary/aromatic N) is 3. The van der Waals surface area contributed by atoms with Crippen LogP contribution < -0.4 is 0 Å². The molecule has 0 saturated carbocycles. The van der Waals surface area contributed by atoms with E-state index in [0.29, 0.717) is 32.8 Å². The second-order valence-electron chi connectivity index (χ2n) is 5.65. The minimum absolute atomic E-state index is 0.183. The highest BCUT2D eigenvalue weighted by molar-refractivity contribution is 5.78. The van der Waals surface area contributed by atoms with Crippen molar-refractivity contribution in [1.29, 1.82) is 0 Å². The van der Waals surface area contributed by atoms with E-state index in [2.05, 4.69) is 10.2 Å². The van der Waals surface area contributed by atoms with E-state index < -0.39 is 0 Å². The number of ether oxygens (including phenoxy) is 1. The number of hydrogen-bond donors (Lipinski definition) is 1. The Bertz CT molecular complexity index is 480. The Hall–Kier alpha value is -1.40. The molecule has 0 atom stereocenters. The molecule has 6 heteroatoms. The van der Waals surface area contributed by atoms with Crippen molar-refractivity contribution in [2.75, 3.05) is 39.9 Å². The van der Waals surface area contributed by atoms with Crippen LogP contribution in [0.4, 0.5) is 0 Å². The Balaban J connectivity index is 1.53. The zero-order chi connectivity index (χ0) is 13.9. The fraction of sp³-hybridized carbons (Fsp3) is 0.714. The molecular weight excluding hydrogens is 256 g/mol. The van der Waals surface area contributed by atoms with Crippen molar-refractivity contribution in [1.82, 2.24) is 20.0 Å². The van der Waals surface area contributed by atoms with Gasteiger partial charge < -0.3 is 9.64 Å². The fourth-order valence-corrected chi connectivity index (χ4v) is 2.97. The minimum atomic E-state index is 0.183. The number of fused-ring (bicyclic) bond motifs is 1. The third kappa shape index (κ3) is 2.86. The summed E-state index contributed by atoms with van der Waals surface area (Å²) in [5.74, 6) is 0.183. The highest BCUT2D eigenvalue weighted by Gasteiger charge is 2.21. The van der Waals surface area contributed by atoms with Gasteiger partial charge in [-0.15, -0.1) is 0 Å². The Kier molecular flexibility index (Phi) is 4.03. The summed E-state index contributed by atoms with van der Waals surface area (Å²) in [6, 6.07) is 0. The lowest BCUT2D eigenvalue weighted by molar-refractivity contribution is -0.136. The zero-order valence-electron chi connectivity index (χ0n) is 12.0. The monoisotopic (exact) mass is 278 g/mol. The largest absolute Gasteiger partial charge is 0.378 e. The number of morpholine rings is 1. The molecule has 2 heterocycles. The number of H-pyrrole nitrogens is 1. The van der Waals surface area contributed by atoms with Gasteiger partial charge in [0.15, 0.2) is 0 Å². The van der Waals surface area contributed by atoms with Crippen LogP contribution in [0.25, 0.3) is 0 Å². The highest BCUT2D eigenvalue weighted by Crippen LogP contribution is 2.23. The zero-order valence-corrected chi connectivity index (χ0v) is 12.0. The average Bonchev–Trinajstić information content (AvgIpc) is 3.05. The topological polar surface area (TPSA) is 61.5 Å². The average molecular weight is 278 g/mol. The molecule has 0 radical (unpaired) electrons. The summed E-state index contributed by atoms with van der Waals surface area (Å²) >= 11 is 0.